The van der Waals surface area contributed by atoms with E-state index in [1.165, 1.54) is 25.7 Å². The molecule has 0 unspecified atom stereocenters. The maximum absolute atomic E-state index is 12.5. The molecule has 0 saturated heterocycles. The third-order valence-electron chi connectivity index (χ3n) is 18.7. The second-order valence-corrected chi connectivity index (χ2v) is 23.2. The SMILES string of the molecule is CC1c2cc(c(O)c(C[NH2+]C3CCCCC3)c2O)C(C)c2cc(c(O)c(C[NH2+]C3CCCCC3)c2O)C(C)c2cc(c(O)c(C[NH2+]C3CCCCC3)c2O)C(C)c2cc1c(O)c(C[NH2+]C1CCCCC1)c2O. The highest BCUT2D eigenvalue weighted by Crippen LogP contribution is 2.53. The number of nitrogens with two attached hydrogens (primary N) is 4. The molecule has 4 aromatic carbocycles. The number of hydrogen-bond acceptors (Lipinski definition) is 8. The van der Waals surface area contributed by atoms with Gasteiger partial charge >= 0.3 is 0 Å². The maximum atomic E-state index is 12.5. The predicted molar refractivity (Wildman–Crippen MR) is 279 cm³/mol. The van der Waals surface area contributed by atoms with Crippen molar-refractivity contribution in [3.63, 3.8) is 0 Å². The van der Waals surface area contributed by atoms with Gasteiger partial charge in [-0.15, -0.1) is 0 Å². The van der Waals surface area contributed by atoms with Crippen molar-refractivity contribution in [3.8, 4) is 46.0 Å². The maximum Gasteiger partial charge on any atom is 0.131 e. The number of fused-ring (bicyclic) bond motifs is 8. The van der Waals surface area contributed by atoms with Crippen LogP contribution in [0, 0.1) is 0 Å². The molecule has 5 aliphatic rings. The zero-order valence-corrected chi connectivity index (χ0v) is 43.8. The molecule has 9 rings (SSSR count). The van der Waals surface area contributed by atoms with Crippen LogP contribution < -0.4 is 21.3 Å². The Balaban J connectivity index is 1.28. The summed E-state index contributed by atoms with van der Waals surface area (Å²) in [5.74, 6) is -2.97. The number of aromatic hydroxyl groups is 8. The minimum Gasteiger partial charge on any atom is -0.507 e. The summed E-state index contributed by atoms with van der Waals surface area (Å²) in [5, 5.41) is 109. The van der Waals surface area contributed by atoms with Crippen molar-refractivity contribution in [3.05, 3.63) is 91.0 Å². The molecule has 16 N–H and O–H groups in total. The molecule has 12 nitrogen and oxygen atoms in total. The molecule has 4 saturated carbocycles. The van der Waals surface area contributed by atoms with Gasteiger partial charge in [-0.2, -0.15) is 0 Å². The lowest BCUT2D eigenvalue weighted by Crippen LogP contribution is -2.88. The quantitative estimate of drug-likeness (QED) is 0.0668. The van der Waals surface area contributed by atoms with Crippen molar-refractivity contribution in [1.82, 2.24) is 0 Å². The van der Waals surface area contributed by atoms with E-state index in [0.29, 0.717) is 117 Å². The average molecular weight is 993 g/mol. The van der Waals surface area contributed by atoms with Crippen LogP contribution in [-0.2, 0) is 26.2 Å². The van der Waals surface area contributed by atoms with Crippen LogP contribution in [0.25, 0.3) is 0 Å². The van der Waals surface area contributed by atoms with Crippen LogP contribution in [0.2, 0.25) is 0 Å². The van der Waals surface area contributed by atoms with Crippen molar-refractivity contribution < 1.29 is 62.1 Å². The Morgan fingerprint density at radius 1 is 0.278 bits per heavy atom. The van der Waals surface area contributed by atoms with Crippen LogP contribution in [0.3, 0.4) is 0 Å². The first-order valence-corrected chi connectivity index (χ1v) is 28.4. The molecule has 392 valence electrons. The summed E-state index contributed by atoms with van der Waals surface area (Å²) < 4.78 is 0. The molecule has 5 aliphatic carbocycles. The zero-order valence-electron chi connectivity index (χ0n) is 43.8. The minimum absolute atomic E-state index is 0.0480. The lowest BCUT2D eigenvalue weighted by molar-refractivity contribution is -0.707. The highest BCUT2D eigenvalue weighted by atomic mass is 16.3. The van der Waals surface area contributed by atoms with Gasteiger partial charge in [0.25, 0.3) is 0 Å². The molecule has 0 amide bonds. The Morgan fingerprint density at radius 3 is 0.583 bits per heavy atom. The first kappa shape index (κ1) is 52.0. The van der Waals surface area contributed by atoms with E-state index in [0.717, 1.165) is 103 Å². The fraction of sp³-hybridized carbons (Fsp3) is 0.600. The summed E-state index contributed by atoms with van der Waals surface area (Å²) in [7, 11) is 0. The molecular formula is C60H88N4O8+4. The lowest BCUT2D eigenvalue weighted by Gasteiger charge is -2.29. The number of quaternary nitrogens is 4. The van der Waals surface area contributed by atoms with Gasteiger partial charge in [0, 0.05) is 68.2 Å². The van der Waals surface area contributed by atoms with E-state index in [2.05, 4.69) is 21.3 Å². The van der Waals surface area contributed by atoms with Crippen molar-refractivity contribution in [2.24, 2.45) is 0 Å². The molecule has 4 fully saturated rings. The van der Waals surface area contributed by atoms with Gasteiger partial charge in [0.15, 0.2) is 0 Å². The largest absolute Gasteiger partial charge is 0.507 e. The van der Waals surface area contributed by atoms with Gasteiger partial charge in [0.2, 0.25) is 0 Å². The highest BCUT2D eigenvalue weighted by molar-refractivity contribution is 5.67. The topological polar surface area (TPSA) is 228 Å². The van der Waals surface area contributed by atoms with Gasteiger partial charge in [-0.05, 0) is 127 Å². The van der Waals surface area contributed by atoms with E-state index >= 15 is 0 Å². The molecule has 12 heteroatoms. The first-order valence-electron chi connectivity index (χ1n) is 28.4. The molecule has 4 aromatic rings. The fourth-order valence-electron chi connectivity index (χ4n) is 13.8. The Hall–Kier alpha value is -4.88. The Labute approximate surface area is 427 Å². The highest BCUT2D eigenvalue weighted by Gasteiger charge is 2.36. The second kappa shape index (κ2) is 22.7. The summed E-state index contributed by atoms with van der Waals surface area (Å²) >= 11 is 0. The van der Waals surface area contributed by atoms with Gasteiger partial charge in [-0.1, -0.05) is 53.4 Å². The third-order valence-corrected chi connectivity index (χ3v) is 18.7. The summed E-state index contributed by atoms with van der Waals surface area (Å²) in [4.78, 5) is 0. The van der Waals surface area contributed by atoms with Crippen molar-refractivity contribution in [2.75, 3.05) is 0 Å². The van der Waals surface area contributed by atoms with Crippen LogP contribution in [0.15, 0.2) is 24.3 Å². The van der Waals surface area contributed by atoms with Crippen LogP contribution in [0.1, 0.15) is 247 Å². The summed E-state index contributed by atoms with van der Waals surface area (Å²) in [6.45, 7) is 9.08. The van der Waals surface area contributed by atoms with E-state index in [4.69, 9.17) is 0 Å². The Kier molecular flexibility index (Phi) is 16.4. The smallest absolute Gasteiger partial charge is 0.131 e. The van der Waals surface area contributed by atoms with E-state index in [-0.39, 0.29) is 46.0 Å². The average Bonchev–Trinajstić information content (AvgIpc) is 3.39. The van der Waals surface area contributed by atoms with Crippen LogP contribution in [0.4, 0.5) is 0 Å². The van der Waals surface area contributed by atoms with Gasteiger partial charge < -0.3 is 62.1 Å². The summed E-state index contributed by atoms with van der Waals surface area (Å²) in [6.07, 6.45) is 22.4. The predicted octanol–water partition coefficient (Wildman–Crippen LogP) is 7.84. The van der Waals surface area contributed by atoms with Gasteiger partial charge in [0.05, 0.1) is 46.4 Å². The monoisotopic (exact) mass is 993 g/mol. The molecule has 0 atom stereocenters. The third kappa shape index (κ3) is 10.6. The van der Waals surface area contributed by atoms with E-state index in [9.17, 15) is 40.9 Å². The van der Waals surface area contributed by atoms with Crippen LogP contribution in [-0.4, -0.2) is 65.0 Å². The molecule has 0 aliphatic heterocycles. The molecular weight excluding hydrogens is 905 g/mol. The minimum atomic E-state index is -0.646. The summed E-state index contributed by atoms with van der Waals surface area (Å²) in [5.41, 5.74) is 5.60. The normalized spacial score (nSPS) is 22.8. The molecule has 0 aromatic heterocycles. The number of phenols is 8. The van der Waals surface area contributed by atoms with Gasteiger partial charge in [-0.3, -0.25) is 0 Å². The first-order chi connectivity index (χ1) is 34.7. The molecule has 0 radical (unpaired) electrons. The second-order valence-electron chi connectivity index (χ2n) is 23.2. The van der Waals surface area contributed by atoms with E-state index in [1.807, 2.05) is 52.0 Å². The molecule has 8 bridgehead atoms. The van der Waals surface area contributed by atoms with Gasteiger partial charge in [0.1, 0.15) is 72.2 Å². The van der Waals surface area contributed by atoms with E-state index < -0.39 is 23.7 Å². The number of benzene rings is 4. The Bertz CT molecular complexity index is 2090. The van der Waals surface area contributed by atoms with E-state index in [1.54, 1.807) is 0 Å². The van der Waals surface area contributed by atoms with Gasteiger partial charge in [-0.25, -0.2) is 0 Å². The van der Waals surface area contributed by atoms with Crippen molar-refractivity contribution in [1.29, 1.82) is 0 Å². The molecule has 0 spiro atoms. The fourth-order valence-corrected chi connectivity index (χ4v) is 13.8. The number of phenolic OH excluding ortho intramolecular Hbond substituents is 8. The number of hydrogen-bond donors (Lipinski definition) is 12. The van der Waals surface area contributed by atoms with Crippen LogP contribution in [0.5, 0.6) is 46.0 Å². The molecule has 72 heavy (non-hydrogen) atoms. The lowest BCUT2D eigenvalue weighted by atomic mass is 9.78. The van der Waals surface area contributed by atoms with Crippen LogP contribution >= 0.6 is 0 Å². The zero-order chi connectivity index (χ0) is 50.8. The summed E-state index contributed by atoms with van der Waals surface area (Å²) in [6, 6.07) is 8.66. The van der Waals surface area contributed by atoms with Crippen molar-refractivity contribution in [2.45, 2.75) is 230 Å². The number of rotatable bonds is 12. The molecule has 0 heterocycles. The standard InChI is InChI=1S/C60H84N4O8/c1-33-41-25-43(55(67)49(53(41)65)29-61-37-17-9-5-10-18-37)34(2)45-27-47(59(71)51(57(45)69)31-63-39-21-13-7-14-22-39)36(4)48-28-46(58(70)52(60(48)72)32-64-40-23-15-8-16-24-40)35(3)44-26-42(33)54(66)50(56(44)68)30-62-38-19-11-6-12-20-38/h25-28,33-40,61-72H,5-24,29-32H2,1-4H3/p+4. The Morgan fingerprint density at radius 2 is 0.431 bits per heavy atom. The van der Waals surface area contributed by atoms with Crippen molar-refractivity contribution >= 4 is 0 Å².